The highest BCUT2D eigenvalue weighted by Gasteiger charge is 2.17. The molecule has 1 unspecified atom stereocenters. The third kappa shape index (κ3) is 6.53. The van der Waals surface area contributed by atoms with Gasteiger partial charge < -0.3 is 5.32 Å². The van der Waals surface area contributed by atoms with Crippen LogP contribution in [0.1, 0.15) is 58.8 Å². The Balaban J connectivity index is 2.14. The SMILES string of the molecule is CC(CCC(C)([SiH3])[SiH3])NC1CCCCC1. The van der Waals surface area contributed by atoms with Gasteiger partial charge in [-0.15, -0.1) is 0 Å². The molecule has 15 heavy (non-hydrogen) atoms. The van der Waals surface area contributed by atoms with Crippen molar-refractivity contribution in [2.75, 3.05) is 0 Å². The summed E-state index contributed by atoms with van der Waals surface area (Å²) in [5, 5.41) is 3.82. The van der Waals surface area contributed by atoms with Crippen molar-refractivity contribution < 1.29 is 0 Å². The van der Waals surface area contributed by atoms with Crippen molar-refractivity contribution in [3.8, 4) is 0 Å². The fraction of sp³-hybridized carbons (Fsp3) is 1.00. The summed E-state index contributed by atoms with van der Waals surface area (Å²) >= 11 is 0. The minimum atomic E-state index is 0.746. The molecule has 0 amide bonds. The number of hydrogen-bond donors (Lipinski definition) is 1. The predicted molar refractivity (Wildman–Crippen MR) is 76.9 cm³/mol. The van der Waals surface area contributed by atoms with Gasteiger partial charge in [0, 0.05) is 32.6 Å². The average Bonchev–Trinajstić information content (AvgIpc) is 2.15. The lowest BCUT2D eigenvalue weighted by molar-refractivity contribution is 0.332. The van der Waals surface area contributed by atoms with Gasteiger partial charge >= 0.3 is 0 Å². The molecule has 1 saturated carbocycles. The van der Waals surface area contributed by atoms with E-state index in [4.69, 9.17) is 0 Å². The normalized spacial score (nSPS) is 25.2. The Bertz CT molecular complexity index is 171. The third-order valence-electron chi connectivity index (χ3n) is 3.45. The van der Waals surface area contributed by atoms with Crippen molar-refractivity contribution in [3.05, 3.63) is 0 Å². The summed E-state index contributed by atoms with van der Waals surface area (Å²) in [6.07, 6.45) is 10.0. The Labute approximate surface area is 102 Å². The molecule has 0 heterocycles. The fourth-order valence-corrected chi connectivity index (χ4v) is 2.98. The van der Waals surface area contributed by atoms with E-state index >= 15 is 0 Å². The summed E-state index contributed by atoms with van der Waals surface area (Å²) < 4.78 is 0.766. The zero-order chi connectivity index (χ0) is 11.3. The highest BCUT2D eigenvalue weighted by Crippen LogP contribution is 2.23. The van der Waals surface area contributed by atoms with Crippen LogP contribution in [-0.2, 0) is 0 Å². The van der Waals surface area contributed by atoms with E-state index in [9.17, 15) is 0 Å². The van der Waals surface area contributed by atoms with E-state index in [1.807, 2.05) is 0 Å². The van der Waals surface area contributed by atoms with Gasteiger partial charge in [0.05, 0.1) is 0 Å². The standard InChI is InChI=1S/C12H29NSi2/c1-10(8-9-12(2,14)15)13-11-6-4-3-5-7-11/h10-11,13H,3-9H2,1-2,14-15H3. The Morgan fingerprint density at radius 3 is 2.40 bits per heavy atom. The molecule has 1 aliphatic rings. The lowest BCUT2D eigenvalue weighted by Crippen LogP contribution is -2.38. The molecule has 0 aromatic rings. The van der Waals surface area contributed by atoms with Crippen LogP contribution in [0.15, 0.2) is 0 Å². The van der Waals surface area contributed by atoms with Gasteiger partial charge in [0.25, 0.3) is 0 Å². The first-order valence-electron chi connectivity index (χ1n) is 6.73. The second-order valence-corrected chi connectivity index (χ2v) is 13.9. The molecular weight excluding hydrogens is 214 g/mol. The molecule has 0 aromatic heterocycles. The van der Waals surface area contributed by atoms with E-state index in [1.165, 1.54) is 65.4 Å². The quantitative estimate of drug-likeness (QED) is 0.709. The molecular formula is C12H29NSi2. The maximum absolute atomic E-state index is 3.82. The van der Waals surface area contributed by atoms with Gasteiger partial charge in [-0.2, -0.15) is 0 Å². The van der Waals surface area contributed by atoms with Crippen LogP contribution in [0.4, 0.5) is 0 Å². The second kappa shape index (κ2) is 6.21. The number of nitrogens with one attached hydrogen (secondary N) is 1. The molecule has 0 aromatic carbocycles. The first-order chi connectivity index (χ1) is 6.97. The number of rotatable bonds is 5. The largest absolute Gasteiger partial charge is 0.312 e. The Hall–Kier alpha value is 0.394. The molecule has 1 rings (SSSR count). The van der Waals surface area contributed by atoms with Gasteiger partial charge in [-0.1, -0.05) is 37.3 Å². The molecule has 90 valence electrons. The van der Waals surface area contributed by atoms with E-state index < -0.39 is 0 Å². The smallest absolute Gasteiger partial charge is 0.00695 e. The molecule has 1 nitrogen and oxygen atoms in total. The molecule has 1 atom stereocenters. The van der Waals surface area contributed by atoms with Gasteiger partial charge in [0.2, 0.25) is 0 Å². The minimum absolute atomic E-state index is 0.746. The van der Waals surface area contributed by atoms with Gasteiger partial charge in [-0.3, -0.25) is 0 Å². The summed E-state index contributed by atoms with van der Waals surface area (Å²) in [4.78, 5) is 0. The van der Waals surface area contributed by atoms with Gasteiger partial charge in [-0.05, 0) is 26.2 Å². The van der Waals surface area contributed by atoms with Crippen molar-refractivity contribution in [2.45, 2.75) is 75.5 Å². The fourth-order valence-electron chi connectivity index (χ4n) is 2.40. The third-order valence-corrected chi connectivity index (χ3v) is 4.45. The second-order valence-electron chi connectivity index (χ2n) is 6.50. The molecule has 1 N–H and O–H groups in total. The Kier molecular flexibility index (Phi) is 5.57. The van der Waals surface area contributed by atoms with Crippen molar-refractivity contribution in [1.82, 2.24) is 5.32 Å². The van der Waals surface area contributed by atoms with Crippen LogP contribution in [0.2, 0.25) is 4.66 Å². The van der Waals surface area contributed by atoms with Crippen molar-refractivity contribution in [2.24, 2.45) is 0 Å². The van der Waals surface area contributed by atoms with Gasteiger partial charge in [-0.25, -0.2) is 0 Å². The molecule has 0 saturated heterocycles. The van der Waals surface area contributed by atoms with E-state index in [0.29, 0.717) is 0 Å². The summed E-state index contributed by atoms with van der Waals surface area (Å²) in [7, 11) is 2.76. The maximum Gasteiger partial charge on any atom is 0.00695 e. The molecule has 0 aliphatic heterocycles. The Morgan fingerprint density at radius 2 is 1.87 bits per heavy atom. The molecule has 0 bridgehead atoms. The first-order valence-corrected chi connectivity index (χ1v) is 8.73. The number of hydrogen-bond acceptors (Lipinski definition) is 1. The molecule has 0 spiro atoms. The van der Waals surface area contributed by atoms with Crippen LogP contribution in [0.3, 0.4) is 0 Å². The van der Waals surface area contributed by atoms with Crippen molar-refractivity contribution in [3.63, 3.8) is 0 Å². The van der Waals surface area contributed by atoms with Gasteiger partial charge in [0.15, 0.2) is 0 Å². The van der Waals surface area contributed by atoms with E-state index in [1.54, 1.807) is 0 Å². The lowest BCUT2D eigenvalue weighted by atomic mass is 9.94. The molecule has 3 heteroatoms. The van der Waals surface area contributed by atoms with Crippen LogP contribution in [0, 0.1) is 0 Å². The van der Waals surface area contributed by atoms with Crippen LogP contribution in [0.5, 0.6) is 0 Å². The van der Waals surface area contributed by atoms with Crippen LogP contribution < -0.4 is 5.32 Å². The highest BCUT2D eigenvalue weighted by molar-refractivity contribution is 6.39. The van der Waals surface area contributed by atoms with Gasteiger partial charge in [0.1, 0.15) is 0 Å². The topological polar surface area (TPSA) is 12.0 Å². The highest BCUT2D eigenvalue weighted by atomic mass is 28.2. The summed E-state index contributed by atoms with van der Waals surface area (Å²) in [6, 6.07) is 1.58. The van der Waals surface area contributed by atoms with Crippen LogP contribution in [-0.4, -0.2) is 32.6 Å². The monoisotopic (exact) mass is 243 g/mol. The van der Waals surface area contributed by atoms with E-state index in [0.717, 1.165) is 16.7 Å². The minimum Gasteiger partial charge on any atom is -0.312 e. The molecule has 1 fully saturated rings. The Morgan fingerprint density at radius 1 is 1.27 bits per heavy atom. The lowest BCUT2D eigenvalue weighted by Gasteiger charge is -2.28. The van der Waals surface area contributed by atoms with Crippen molar-refractivity contribution >= 4 is 20.5 Å². The zero-order valence-corrected chi connectivity index (χ0v) is 15.1. The van der Waals surface area contributed by atoms with E-state index in [-0.39, 0.29) is 0 Å². The zero-order valence-electron chi connectivity index (χ0n) is 11.1. The molecule has 0 radical (unpaired) electrons. The summed E-state index contributed by atoms with van der Waals surface area (Å²) in [5.74, 6) is 0. The summed E-state index contributed by atoms with van der Waals surface area (Å²) in [5.41, 5.74) is 0. The first kappa shape index (κ1) is 13.5. The predicted octanol–water partition coefficient (Wildman–Crippen LogP) is 0.944. The van der Waals surface area contributed by atoms with E-state index in [2.05, 4.69) is 19.2 Å². The maximum atomic E-state index is 3.82. The van der Waals surface area contributed by atoms with Crippen LogP contribution in [0.25, 0.3) is 0 Å². The average molecular weight is 244 g/mol. The summed E-state index contributed by atoms with van der Waals surface area (Å²) in [6.45, 7) is 4.84. The van der Waals surface area contributed by atoms with Crippen LogP contribution >= 0.6 is 0 Å². The van der Waals surface area contributed by atoms with Crippen molar-refractivity contribution in [1.29, 1.82) is 0 Å². The molecule has 1 aliphatic carbocycles.